The second kappa shape index (κ2) is 6.12. The lowest BCUT2D eigenvalue weighted by molar-refractivity contribution is 0.245. The number of aliphatic hydroxyl groups excluding tert-OH is 1. The molecule has 2 N–H and O–H groups in total. The SMILES string of the molecule is CC(CO)NCc1nc(C2CCCCC2)no1. The molecule has 1 aliphatic rings. The Bertz CT molecular complexity index is 334. The Morgan fingerprint density at radius 2 is 2.18 bits per heavy atom. The Kier molecular flexibility index (Phi) is 4.50. The summed E-state index contributed by atoms with van der Waals surface area (Å²) in [5, 5.41) is 16.1. The van der Waals surface area contributed by atoms with Crippen molar-refractivity contribution in [2.24, 2.45) is 0 Å². The molecule has 1 fully saturated rings. The molecular formula is C12H21N3O2. The molecule has 1 atom stereocenters. The minimum atomic E-state index is 0.0556. The molecule has 1 heterocycles. The van der Waals surface area contributed by atoms with Gasteiger partial charge in [-0.05, 0) is 19.8 Å². The maximum absolute atomic E-state index is 8.89. The maximum atomic E-state index is 8.89. The second-order valence-corrected chi connectivity index (χ2v) is 4.85. The zero-order valence-corrected chi connectivity index (χ0v) is 10.4. The van der Waals surface area contributed by atoms with Crippen LogP contribution in [-0.2, 0) is 6.54 Å². The molecule has 0 aliphatic heterocycles. The van der Waals surface area contributed by atoms with Crippen LogP contribution in [0.15, 0.2) is 4.52 Å². The molecule has 5 nitrogen and oxygen atoms in total. The van der Waals surface area contributed by atoms with Crippen LogP contribution in [0.25, 0.3) is 0 Å². The number of aliphatic hydroxyl groups is 1. The predicted molar refractivity (Wildman–Crippen MR) is 63.5 cm³/mol. The minimum absolute atomic E-state index is 0.0556. The molecule has 1 unspecified atom stereocenters. The highest BCUT2D eigenvalue weighted by atomic mass is 16.5. The fourth-order valence-electron chi connectivity index (χ4n) is 2.19. The van der Waals surface area contributed by atoms with Gasteiger partial charge in [0.25, 0.3) is 0 Å². The molecule has 1 aliphatic carbocycles. The number of nitrogens with one attached hydrogen (secondary N) is 1. The normalized spacial score (nSPS) is 19.4. The molecule has 2 rings (SSSR count). The average Bonchev–Trinajstić information content (AvgIpc) is 2.86. The van der Waals surface area contributed by atoms with E-state index < -0.39 is 0 Å². The Morgan fingerprint density at radius 1 is 1.41 bits per heavy atom. The quantitative estimate of drug-likeness (QED) is 0.816. The number of rotatable bonds is 5. The van der Waals surface area contributed by atoms with Crippen LogP contribution in [0.1, 0.15) is 56.7 Å². The summed E-state index contributed by atoms with van der Waals surface area (Å²) >= 11 is 0. The van der Waals surface area contributed by atoms with Gasteiger partial charge in [-0.2, -0.15) is 4.98 Å². The minimum Gasteiger partial charge on any atom is -0.395 e. The van der Waals surface area contributed by atoms with Gasteiger partial charge in [0.15, 0.2) is 5.82 Å². The van der Waals surface area contributed by atoms with Crippen molar-refractivity contribution in [2.75, 3.05) is 6.61 Å². The second-order valence-electron chi connectivity index (χ2n) is 4.85. The van der Waals surface area contributed by atoms with E-state index in [0.29, 0.717) is 18.4 Å². The van der Waals surface area contributed by atoms with Crippen LogP contribution in [0.5, 0.6) is 0 Å². The molecule has 0 saturated heterocycles. The lowest BCUT2D eigenvalue weighted by Crippen LogP contribution is -2.28. The molecule has 96 valence electrons. The molecule has 17 heavy (non-hydrogen) atoms. The van der Waals surface area contributed by atoms with Crippen LogP contribution in [0.4, 0.5) is 0 Å². The lowest BCUT2D eigenvalue weighted by Gasteiger charge is -2.17. The molecule has 0 radical (unpaired) electrons. The number of hydrogen-bond donors (Lipinski definition) is 2. The molecule has 5 heteroatoms. The molecule has 1 saturated carbocycles. The van der Waals surface area contributed by atoms with Gasteiger partial charge in [0.1, 0.15) is 0 Å². The largest absolute Gasteiger partial charge is 0.395 e. The zero-order chi connectivity index (χ0) is 12.1. The topological polar surface area (TPSA) is 71.2 Å². The van der Waals surface area contributed by atoms with Crippen molar-refractivity contribution in [3.63, 3.8) is 0 Å². The molecule has 0 amide bonds. The van der Waals surface area contributed by atoms with Crippen LogP contribution in [-0.4, -0.2) is 27.9 Å². The molecule has 1 aromatic rings. The van der Waals surface area contributed by atoms with Crippen molar-refractivity contribution in [1.82, 2.24) is 15.5 Å². The molecule has 0 aromatic carbocycles. The molecule has 0 spiro atoms. The van der Waals surface area contributed by atoms with Gasteiger partial charge in [-0.25, -0.2) is 0 Å². The van der Waals surface area contributed by atoms with E-state index >= 15 is 0 Å². The third-order valence-electron chi connectivity index (χ3n) is 3.33. The molecule has 0 bridgehead atoms. The van der Waals surface area contributed by atoms with Crippen molar-refractivity contribution >= 4 is 0 Å². The number of nitrogens with zero attached hydrogens (tertiary/aromatic N) is 2. The number of hydrogen-bond acceptors (Lipinski definition) is 5. The van der Waals surface area contributed by atoms with E-state index in [0.717, 1.165) is 5.82 Å². The Hall–Kier alpha value is -0.940. The summed E-state index contributed by atoms with van der Waals surface area (Å²) < 4.78 is 5.21. The van der Waals surface area contributed by atoms with Crippen LogP contribution in [0.3, 0.4) is 0 Å². The Balaban J connectivity index is 1.86. The standard InChI is InChI=1S/C12H21N3O2/c1-9(8-16)13-7-11-14-12(15-17-11)10-5-3-2-4-6-10/h9-10,13,16H,2-8H2,1H3. The van der Waals surface area contributed by atoms with Crippen LogP contribution in [0, 0.1) is 0 Å². The first-order valence-electron chi connectivity index (χ1n) is 6.46. The zero-order valence-electron chi connectivity index (χ0n) is 10.4. The monoisotopic (exact) mass is 239 g/mol. The Labute approximate surface area is 102 Å². The van der Waals surface area contributed by atoms with E-state index in [1.165, 1.54) is 32.1 Å². The van der Waals surface area contributed by atoms with Gasteiger partial charge in [0.2, 0.25) is 5.89 Å². The highest BCUT2D eigenvalue weighted by Crippen LogP contribution is 2.30. The van der Waals surface area contributed by atoms with E-state index in [9.17, 15) is 0 Å². The maximum Gasteiger partial charge on any atom is 0.240 e. The first kappa shape index (κ1) is 12.5. The highest BCUT2D eigenvalue weighted by Gasteiger charge is 2.20. The third-order valence-corrected chi connectivity index (χ3v) is 3.33. The average molecular weight is 239 g/mol. The molecular weight excluding hydrogens is 218 g/mol. The molecule has 1 aromatic heterocycles. The van der Waals surface area contributed by atoms with Gasteiger partial charge in [-0.15, -0.1) is 0 Å². The Morgan fingerprint density at radius 3 is 2.88 bits per heavy atom. The van der Waals surface area contributed by atoms with Gasteiger partial charge >= 0.3 is 0 Å². The van der Waals surface area contributed by atoms with Crippen molar-refractivity contribution in [1.29, 1.82) is 0 Å². The van der Waals surface area contributed by atoms with Gasteiger partial charge in [-0.3, -0.25) is 0 Å². The van der Waals surface area contributed by atoms with E-state index in [1.807, 2.05) is 6.92 Å². The van der Waals surface area contributed by atoms with Crippen LogP contribution < -0.4 is 5.32 Å². The van der Waals surface area contributed by atoms with Crippen molar-refractivity contribution in [3.05, 3.63) is 11.7 Å². The smallest absolute Gasteiger partial charge is 0.240 e. The van der Waals surface area contributed by atoms with Crippen molar-refractivity contribution in [3.8, 4) is 0 Å². The van der Waals surface area contributed by atoms with E-state index in [1.54, 1.807) is 0 Å². The van der Waals surface area contributed by atoms with Crippen LogP contribution >= 0.6 is 0 Å². The van der Waals surface area contributed by atoms with Crippen molar-refractivity contribution in [2.45, 2.75) is 57.5 Å². The van der Waals surface area contributed by atoms with Gasteiger partial charge in [-0.1, -0.05) is 24.4 Å². The van der Waals surface area contributed by atoms with Crippen molar-refractivity contribution < 1.29 is 9.63 Å². The van der Waals surface area contributed by atoms with E-state index in [2.05, 4.69) is 15.5 Å². The fourth-order valence-corrected chi connectivity index (χ4v) is 2.19. The van der Waals surface area contributed by atoms with Gasteiger partial charge in [0, 0.05) is 12.0 Å². The predicted octanol–water partition coefficient (Wildman–Crippen LogP) is 1.59. The lowest BCUT2D eigenvalue weighted by atomic mass is 9.89. The first-order valence-corrected chi connectivity index (χ1v) is 6.46. The summed E-state index contributed by atoms with van der Waals surface area (Å²) in [6.07, 6.45) is 6.23. The van der Waals surface area contributed by atoms with Gasteiger partial charge in [0.05, 0.1) is 13.2 Å². The number of aromatic nitrogens is 2. The third kappa shape index (κ3) is 3.51. The fraction of sp³-hybridized carbons (Fsp3) is 0.833. The summed E-state index contributed by atoms with van der Waals surface area (Å²) in [6, 6.07) is 0.0556. The highest BCUT2D eigenvalue weighted by molar-refractivity contribution is 4.96. The van der Waals surface area contributed by atoms with E-state index in [-0.39, 0.29) is 12.6 Å². The summed E-state index contributed by atoms with van der Waals surface area (Å²) in [5.41, 5.74) is 0. The van der Waals surface area contributed by atoms with E-state index in [4.69, 9.17) is 9.63 Å². The summed E-state index contributed by atoms with van der Waals surface area (Å²) in [6.45, 7) is 2.56. The van der Waals surface area contributed by atoms with Gasteiger partial charge < -0.3 is 14.9 Å². The first-order chi connectivity index (χ1) is 8.29. The summed E-state index contributed by atoms with van der Waals surface area (Å²) in [7, 11) is 0. The van der Waals surface area contributed by atoms with Crippen LogP contribution in [0.2, 0.25) is 0 Å². The summed E-state index contributed by atoms with van der Waals surface area (Å²) in [4.78, 5) is 4.42. The summed E-state index contributed by atoms with van der Waals surface area (Å²) in [5.74, 6) is 1.96.